The zero-order chi connectivity index (χ0) is 11.7. The monoisotopic (exact) mass is 359 g/mol. The van der Waals surface area contributed by atoms with Gasteiger partial charge >= 0.3 is 0 Å². The van der Waals surface area contributed by atoms with E-state index in [4.69, 9.17) is 5.73 Å². The van der Waals surface area contributed by atoms with Crippen LogP contribution in [0.4, 0.5) is 0 Å². The summed E-state index contributed by atoms with van der Waals surface area (Å²) in [5, 5.41) is 4.14. The van der Waals surface area contributed by atoms with Gasteiger partial charge in [-0.3, -0.25) is 0 Å². The fourth-order valence-electron chi connectivity index (χ4n) is 1.50. The minimum Gasteiger partial charge on any atom is -0.320 e. The summed E-state index contributed by atoms with van der Waals surface area (Å²) in [6.07, 6.45) is 0. The molecule has 1 unspecified atom stereocenters. The van der Waals surface area contributed by atoms with E-state index in [0.717, 1.165) is 20.1 Å². The molecule has 2 rings (SSSR count). The summed E-state index contributed by atoms with van der Waals surface area (Å²) >= 11 is 8.71. The zero-order valence-corrected chi connectivity index (χ0v) is 12.7. The van der Waals surface area contributed by atoms with E-state index in [-0.39, 0.29) is 6.04 Å². The highest BCUT2D eigenvalue weighted by Crippen LogP contribution is 2.31. The highest BCUT2D eigenvalue weighted by atomic mass is 79.9. The molecule has 0 saturated heterocycles. The van der Waals surface area contributed by atoms with Crippen LogP contribution in [0.3, 0.4) is 0 Å². The van der Waals surface area contributed by atoms with Crippen molar-refractivity contribution in [1.29, 1.82) is 0 Å². The first kappa shape index (κ1) is 12.3. The predicted octanol–water partition coefficient (Wildman–Crippen LogP) is 4.63. The van der Waals surface area contributed by atoms with Gasteiger partial charge in [0.25, 0.3) is 0 Å². The standard InChI is InChI=1S/C12H11Br2NS/c1-7-2-3-8(4-10(7)13)12(15)9-5-16-6-11(9)14/h2-6,12H,15H2,1H3. The Bertz CT molecular complexity index is 507. The molecule has 0 radical (unpaired) electrons. The lowest BCUT2D eigenvalue weighted by Gasteiger charge is -2.12. The molecule has 16 heavy (non-hydrogen) atoms. The van der Waals surface area contributed by atoms with Crippen molar-refractivity contribution >= 4 is 43.2 Å². The van der Waals surface area contributed by atoms with Crippen molar-refractivity contribution in [3.05, 3.63) is 54.6 Å². The first-order chi connectivity index (χ1) is 7.59. The molecule has 2 aromatic rings. The smallest absolute Gasteiger partial charge is 0.0571 e. The molecule has 1 nitrogen and oxygen atoms in total. The summed E-state index contributed by atoms with van der Waals surface area (Å²) in [5.41, 5.74) is 9.72. The Hall–Kier alpha value is -0.160. The van der Waals surface area contributed by atoms with Gasteiger partial charge in [0.1, 0.15) is 0 Å². The van der Waals surface area contributed by atoms with Crippen molar-refractivity contribution in [2.45, 2.75) is 13.0 Å². The van der Waals surface area contributed by atoms with Gasteiger partial charge in [-0.05, 0) is 51.0 Å². The van der Waals surface area contributed by atoms with Crippen molar-refractivity contribution in [3.63, 3.8) is 0 Å². The highest BCUT2D eigenvalue weighted by molar-refractivity contribution is 9.10. The Morgan fingerprint density at radius 2 is 1.94 bits per heavy atom. The summed E-state index contributed by atoms with van der Waals surface area (Å²) < 4.78 is 2.19. The average molecular weight is 361 g/mol. The van der Waals surface area contributed by atoms with Gasteiger partial charge in [-0.25, -0.2) is 0 Å². The maximum atomic E-state index is 6.24. The molecule has 1 aromatic carbocycles. The topological polar surface area (TPSA) is 26.0 Å². The third kappa shape index (κ3) is 2.40. The van der Waals surface area contributed by atoms with Crippen LogP contribution in [0.15, 0.2) is 37.9 Å². The van der Waals surface area contributed by atoms with Gasteiger partial charge in [0.05, 0.1) is 6.04 Å². The third-order valence-corrected chi connectivity index (χ3v) is 5.14. The van der Waals surface area contributed by atoms with E-state index in [1.165, 1.54) is 5.56 Å². The number of nitrogens with two attached hydrogens (primary N) is 1. The number of rotatable bonds is 2. The van der Waals surface area contributed by atoms with Crippen molar-refractivity contribution in [3.8, 4) is 0 Å². The first-order valence-electron chi connectivity index (χ1n) is 4.83. The van der Waals surface area contributed by atoms with Gasteiger partial charge < -0.3 is 5.73 Å². The molecule has 0 spiro atoms. The Morgan fingerprint density at radius 3 is 2.50 bits per heavy atom. The van der Waals surface area contributed by atoms with Crippen LogP contribution >= 0.6 is 43.2 Å². The Labute approximate surface area is 116 Å². The number of aryl methyl sites for hydroxylation is 1. The van der Waals surface area contributed by atoms with Crippen molar-refractivity contribution in [1.82, 2.24) is 0 Å². The summed E-state index contributed by atoms with van der Waals surface area (Å²) in [6, 6.07) is 6.18. The van der Waals surface area contributed by atoms with E-state index in [0.29, 0.717) is 0 Å². The van der Waals surface area contributed by atoms with Crippen LogP contribution in [0.25, 0.3) is 0 Å². The normalized spacial score (nSPS) is 12.8. The molecule has 0 aliphatic carbocycles. The summed E-state index contributed by atoms with van der Waals surface area (Å²) in [6.45, 7) is 2.07. The van der Waals surface area contributed by atoms with E-state index in [1.807, 2.05) is 0 Å². The third-order valence-electron chi connectivity index (χ3n) is 2.53. The molecule has 4 heteroatoms. The number of hydrogen-bond acceptors (Lipinski definition) is 2. The van der Waals surface area contributed by atoms with E-state index < -0.39 is 0 Å². The van der Waals surface area contributed by atoms with Crippen LogP contribution in [0.2, 0.25) is 0 Å². The van der Waals surface area contributed by atoms with Crippen LogP contribution in [0.5, 0.6) is 0 Å². The molecule has 0 aliphatic rings. The molecule has 0 bridgehead atoms. The quantitative estimate of drug-likeness (QED) is 0.830. The van der Waals surface area contributed by atoms with Crippen LogP contribution in [-0.2, 0) is 0 Å². The van der Waals surface area contributed by atoms with Gasteiger partial charge in [0.2, 0.25) is 0 Å². The van der Waals surface area contributed by atoms with E-state index in [1.54, 1.807) is 11.3 Å². The fourth-order valence-corrected chi connectivity index (χ4v) is 3.47. The Kier molecular flexibility index (Phi) is 3.85. The summed E-state index contributed by atoms with van der Waals surface area (Å²) in [4.78, 5) is 0. The minimum atomic E-state index is -0.0717. The second-order valence-electron chi connectivity index (χ2n) is 3.66. The molecule has 0 aliphatic heterocycles. The maximum Gasteiger partial charge on any atom is 0.0571 e. The first-order valence-corrected chi connectivity index (χ1v) is 7.35. The van der Waals surface area contributed by atoms with Gasteiger partial charge in [0.15, 0.2) is 0 Å². The van der Waals surface area contributed by atoms with Crippen molar-refractivity contribution in [2.24, 2.45) is 5.73 Å². The Balaban J connectivity index is 2.38. The number of hydrogen-bond donors (Lipinski definition) is 1. The zero-order valence-electron chi connectivity index (χ0n) is 8.71. The lowest BCUT2D eigenvalue weighted by molar-refractivity contribution is 0.870. The van der Waals surface area contributed by atoms with Gasteiger partial charge in [-0.2, -0.15) is 11.3 Å². The number of thiophene rings is 1. The second-order valence-corrected chi connectivity index (χ2v) is 6.11. The van der Waals surface area contributed by atoms with Crippen molar-refractivity contribution in [2.75, 3.05) is 0 Å². The molecular weight excluding hydrogens is 350 g/mol. The van der Waals surface area contributed by atoms with Gasteiger partial charge in [0, 0.05) is 14.3 Å². The fraction of sp³-hybridized carbons (Fsp3) is 0.167. The molecule has 0 amide bonds. The predicted molar refractivity (Wildman–Crippen MR) is 76.9 cm³/mol. The Morgan fingerprint density at radius 1 is 1.19 bits per heavy atom. The van der Waals surface area contributed by atoms with Gasteiger partial charge in [-0.1, -0.05) is 28.1 Å². The van der Waals surface area contributed by atoms with Crippen LogP contribution in [0, 0.1) is 6.92 Å². The molecule has 1 aromatic heterocycles. The molecule has 2 N–H and O–H groups in total. The van der Waals surface area contributed by atoms with Crippen molar-refractivity contribution < 1.29 is 0 Å². The van der Waals surface area contributed by atoms with E-state index in [2.05, 4.69) is 67.7 Å². The second kappa shape index (κ2) is 5.00. The molecule has 1 atom stereocenters. The van der Waals surface area contributed by atoms with E-state index in [9.17, 15) is 0 Å². The number of benzene rings is 1. The largest absolute Gasteiger partial charge is 0.320 e. The minimum absolute atomic E-state index is 0.0717. The van der Waals surface area contributed by atoms with Crippen LogP contribution < -0.4 is 5.73 Å². The highest BCUT2D eigenvalue weighted by Gasteiger charge is 2.13. The van der Waals surface area contributed by atoms with Gasteiger partial charge in [-0.15, -0.1) is 0 Å². The molecular formula is C12H11Br2NS. The summed E-state index contributed by atoms with van der Waals surface area (Å²) in [5.74, 6) is 0. The molecule has 0 fully saturated rings. The number of halogens is 2. The van der Waals surface area contributed by atoms with E-state index >= 15 is 0 Å². The van der Waals surface area contributed by atoms with Crippen LogP contribution in [0.1, 0.15) is 22.7 Å². The lowest BCUT2D eigenvalue weighted by Crippen LogP contribution is -2.11. The maximum absolute atomic E-state index is 6.24. The molecule has 0 saturated carbocycles. The summed E-state index contributed by atoms with van der Waals surface area (Å²) in [7, 11) is 0. The lowest BCUT2D eigenvalue weighted by atomic mass is 10.0. The van der Waals surface area contributed by atoms with Crippen LogP contribution in [-0.4, -0.2) is 0 Å². The average Bonchev–Trinajstić information content (AvgIpc) is 2.67. The molecule has 1 heterocycles. The molecule has 84 valence electrons. The SMILES string of the molecule is Cc1ccc(C(N)c2cscc2Br)cc1Br.